The van der Waals surface area contributed by atoms with Crippen LogP contribution < -0.4 is 10.2 Å². The molecule has 0 saturated carbocycles. The number of amides is 1. The second-order valence-electron chi connectivity index (χ2n) is 7.31. The highest BCUT2D eigenvalue weighted by molar-refractivity contribution is 5.96. The second-order valence-corrected chi connectivity index (χ2v) is 7.31. The molecule has 0 atom stereocenters. The van der Waals surface area contributed by atoms with Crippen molar-refractivity contribution < 1.29 is 14.1 Å². The zero-order valence-corrected chi connectivity index (χ0v) is 16.1. The minimum atomic E-state index is -0.464. The lowest BCUT2D eigenvalue weighted by molar-refractivity contribution is -0.385. The molecule has 1 aliphatic heterocycles. The highest BCUT2D eigenvalue weighted by Crippen LogP contribution is 2.26. The molecular formula is C21H22N4O4. The number of oxazole rings is 1. The number of carbonyl (C=O) groups is 1. The van der Waals surface area contributed by atoms with Gasteiger partial charge >= 0.3 is 0 Å². The molecule has 1 amide bonds. The Morgan fingerprint density at radius 3 is 2.72 bits per heavy atom. The van der Waals surface area contributed by atoms with Gasteiger partial charge in [-0.2, -0.15) is 4.98 Å². The molecule has 4 rings (SSSR count). The molecule has 29 heavy (non-hydrogen) atoms. The molecule has 1 N–H and O–H groups in total. The van der Waals surface area contributed by atoms with Crippen molar-refractivity contribution in [3.63, 3.8) is 0 Å². The van der Waals surface area contributed by atoms with Crippen LogP contribution in [0.15, 0.2) is 46.9 Å². The quantitative estimate of drug-likeness (QED) is 0.523. The predicted octanol–water partition coefficient (Wildman–Crippen LogP) is 3.69. The first-order valence-corrected chi connectivity index (χ1v) is 9.65. The Bertz CT molecular complexity index is 1020. The van der Waals surface area contributed by atoms with Crippen molar-refractivity contribution in [2.75, 3.05) is 24.5 Å². The van der Waals surface area contributed by atoms with Crippen LogP contribution in [0.2, 0.25) is 0 Å². The monoisotopic (exact) mass is 394 g/mol. The summed E-state index contributed by atoms with van der Waals surface area (Å²) >= 11 is 0. The van der Waals surface area contributed by atoms with Crippen LogP contribution in [0.3, 0.4) is 0 Å². The van der Waals surface area contributed by atoms with Crippen molar-refractivity contribution in [3.8, 4) is 0 Å². The summed E-state index contributed by atoms with van der Waals surface area (Å²) in [5, 5.41) is 14.0. The zero-order chi connectivity index (χ0) is 20.4. The summed E-state index contributed by atoms with van der Waals surface area (Å²) in [5.74, 6) is 0.0752. The lowest BCUT2D eigenvalue weighted by Crippen LogP contribution is -2.39. The first-order chi connectivity index (χ1) is 14.0. The summed E-state index contributed by atoms with van der Waals surface area (Å²) in [5.41, 5.74) is 2.33. The average Bonchev–Trinajstić information content (AvgIpc) is 3.16. The van der Waals surface area contributed by atoms with Crippen LogP contribution >= 0.6 is 0 Å². The summed E-state index contributed by atoms with van der Waals surface area (Å²) in [7, 11) is 0. The number of rotatable bonds is 5. The van der Waals surface area contributed by atoms with Crippen LogP contribution in [0.5, 0.6) is 0 Å². The number of aromatic nitrogens is 1. The summed E-state index contributed by atoms with van der Waals surface area (Å²) in [4.78, 5) is 29.8. The van der Waals surface area contributed by atoms with Crippen molar-refractivity contribution in [1.29, 1.82) is 0 Å². The largest absolute Gasteiger partial charge is 0.423 e. The normalized spacial score (nSPS) is 14.9. The van der Waals surface area contributed by atoms with E-state index in [9.17, 15) is 14.9 Å². The molecule has 0 bridgehead atoms. The van der Waals surface area contributed by atoms with Gasteiger partial charge in [-0.15, -0.1) is 0 Å². The molecule has 8 nitrogen and oxygen atoms in total. The lowest BCUT2D eigenvalue weighted by Gasteiger charge is -2.30. The lowest BCUT2D eigenvalue weighted by atomic mass is 9.96. The first-order valence-electron chi connectivity index (χ1n) is 9.65. The first kappa shape index (κ1) is 18.9. The van der Waals surface area contributed by atoms with Crippen molar-refractivity contribution in [3.05, 3.63) is 63.7 Å². The number of nitrogens with one attached hydrogen (secondary N) is 1. The van der Waals surface area contributed by atoms with Gasteiger partial charge in [-0.05, 0) is 43.9 Å². The Hall–Kier alpha value is -3.42. The summed E-state index contributed by atoms with van der Waals surface area (Å²) in [6, 6.07) is 12.9. The topological polar surface area (TPSA) is 102 Å². The minimum absolute atomic E-state index is 0.0377. The Morgan fingerprint density at radius 2 is 2.00 bits per heavy atom. The fourth-order valence-corrected chi connectivity index (χ4v) is 3.72. The van der Waals surface area contributed by atoms with E-state index in [0.717, 1.165) is 37.0 Å². The van der Waals surface area contributed by atoms with Gasteiger partial charge in [0, 0.05) is 36.8 Å². The number of hydrogen-bond acceptors (Lipinski definition) is 6. The van der Waals surface area contributed by atoms with Crippen molar-refractivity contribution in [2.24, 2.45) is 5.92 Å². The fraction of sp³-hybridized carbons (Fsp3) is 0.333. The van der Waals surface area contributed by atoms with Crippen LogP contribution in [0.1, 0.15) is 28.8 Å². The van der Waals surface area contributed by atoms with Crippen molar-refractivity contribution >= 4 is 28.7 Å². The number of piperidine rings is 1. The van der Waals surface area contributed by atoms with E-state index in [-0.39, 0.29) is 11.6 Å². The molecule has 1 fully saturated rings. The molecular weight excluding hydrogens is 372 g/mol. The Balaban J connectivity index is 1.33. The third-order valence-corrected chi connectivity index (χ3v) is 5.47. The number of carbonyl (C=O) groups excluding carboxylic acids is 1. The third kappa shape index (κ3) is 3.91. The van der Waals surface area contributed by atoms with Gasteiger partial charge in [0.1, 0.15) is 5.52 Å². The average molecular weight is 394 g/mol. The SMILES string of the molecule is Cc1c(C(=O)NCC2CCN(c3nc4ccccc4o3)CC2)cccc1[N+](=O)[O-]. The number of anilines is 1. The van der Waals surface area contributed by atoms with E-state index in [0.29, 0.717) is 29.6 Å². The van der Waals surface area contributed by atoms with E-state index in [1.54, 1.807) is 19.1 Å². The highest BCUT2D eigenvalue weighted by Gasteiger charge is 2.24. The smallest absolute Gasteiger partial charge is 0.298 e. The Labute approximate surface area is 167 Å². The molecule has 150 valence electrons. The van der Waals surface area contributed by atoms with E-state index >= 15 is 0 Å². The highest BCUT2D eigenvalue weighted by atomic mass is 16.6. The standard InChI is InChI=1S/C21H22N4O4/c1-14-16(5-4-7-18(14)25(27)28)20(26)22-13-15-9-11-24(12-10-15)21-23-17-6-2-3-8-19(17)29-21/h2-8,15H,9-13H2,1H3,(H,22,26). The molecule has 8 heteroatoms. The molecule has 1 saturated heterocycles. The van der Waals surface area contributed by atoms with Gasteiger partial charge in [-0.25, -0.2) is 0 Å². The Morgan fingerprint density at radius 1 is 1.24 bits per heavy atom. The van der Waals surface area contributed by atoms with Crippen LogP contribution in [-0.4, -0.2) is 35.4 Å². The number of fused-ring (bicyclic) bond motifs is 1. The second kappa shape index (κ2) is 7.90. The van der Waals surface area contributed by atoms with Crippen molar-refractivity contribution in [1.82, 2.24) is 10.3 Å². The van der Waals surface area contributed by atoms with Crippen LogP contribution in [0.25, 0.3) is 11.1 Å². The number of nitrogens with zero attached hydrogens (tertiary/aromatic N) is 3. The third-order valence-electron chi connectivity index (χ3n) is 5.47. The van der Waals surface area contributed by atoms with Gasteiger partial charge in [0.2, 0.25) is 0 Å². The molecule has 2 heterocycles. The van der Waals surface area contributed by atoms with Crippen LogP contribution in [-0.2, 0) is 0 Å². The van der Waals surface area contributed by atoms with Gasteiger partial charge in [-0.1, -0.05) is 18.2 Å². The number of nitro groups is 1. The summed E-state index contributed by atoms with van der Waals surface area (Å²) in [6.07, 6.45) is 1.82. The van der Waals surface area contributed by atoms with Gasteiger partial charge in [-0.3, -0.25) is 14.9 Å². The summed E-state index contributed by atoms with van der Waals surface area (Å²) in [6.45, 7) is 3.76. The number of hydrogen-bond donors (Lipinski definition) is 1. The van der Waals surface area contributed by atoms with Gasteiger partial charge in [0.05, 0.1) is 4.92 Å². The molecule has 1 aromatic heterocycles. The Kier molecular flexibility index (Phi) is 5.16. The van der Waals surface area contributed by atoms with Gasteiger partial charge in [0.25, 0.3) is 17.6 Å². The predicted molar refractivity (Wildman–Crippen MR) is 109 cm³/mol. The zero-order valence-electron chi connectivity index (χ0n) is 16.1. The molecule has 3 aromatic rings. The molecule has 2 aromatic carbocycles. The van der Waals surface area contributed by atoms with Crippen LogP contribution in [0, 0.1) is 23.0 Å². The molecule has 0 aliphatic carbocycles. The molecule has 1 aliphatic rings. The molecule has 0 spiro atoms. The van der Waals surface area contributed by atoms with Gasteiger partial charge < -0.3 is 14.6 Å². The maximum Gasteiger partial charge on any atom is 0.298 e. The number of para-hydroxylation sites is 2. The number of nitro benzene ring substituents is 1. The van der Waals surface area contributed by atoms with Crippen LogP contribution in [0.4, 0.5) is 11.7 Å². The molecule has 0 unspecified atom stereocenters. The van der Waals surface area contributed by atoms with E-state index in [1.165, 1.54) is 6.07 Å². The minimum Gasteiger partial charge on any atom is -0.423 e. The number of benzene rings is 2. The van der Waals surface area contributed by atoms with E-state index in [4.69, 9.17) is 4.42 Å². The maximum atomic E-state index is 12.5. The molecule has 0 radical (unpaired) electrons. The van der Waals surface area contributed by atoms with E-state index in [1.807, 2.05) is 24.3 Å². The van der Waals surface area contributed by atoms with E-state index < -0.39 is 4.92 Å². The van der Waals surface area contributed by atoms with Crippen molar-refractivity contribution in [2.45, 2.75) is 19.8 Å². The summed E-state index contributed by atoms with van der Waals surface area (Å²) < 4.78 is 5.83. The maximum absolute atomic E-state index is 12.5. The fourth-order valence-electron chi connectivity index (χ4n) is 3.72. The van der Waals surface area contributed by atoms with Gasteiger partial charge in [0.15, 0.2) is 5.58 Å². The van der Waals surface area contributed by atoms with E-state index in [2.05, 4.69) is 15.2 Å².